The minimum Gasteiger partial charge on any atom is -0.507 e. The van der Waals surface area contributed by atoms with Crippen LogP contribution >= 0.6 is 0 Å². The summed E-state index contributed by atoms with van der Waals surface area (Å²) < 4.78 is 48.3. The minimum absolute atomic E-state index is 0.00309. The molecular weight excluding hydrogens is 1770 g/mol. The molecular formula is C97H96N12O27. The van der Waals surface area contributed by atoms with Gasteiger partial charge < -0.3 is 138 Å². The van der Waals surface area contributed by atoms with Crippen LogP contribution in [0.25, 0.3) is 0 Å². The van der Waals surface area contributed by atoms with Crippen LogP contribution in [-0.2, 0) is 4.74 Å². The van der Waals surface area contributed by atoms with Gasteiger partial charge in [-0.2, -0.15) is 0 Å². The monoisotopic (exact) mass is 1860 g/mol. The van der Waals surface area contributed by atoms with Crippen molar-refractivity contribution in [2.75, 3.05) is 102 Å². The molecule has 1 heterocycles. The van der Waals surface area contributed by atoms with E-state index in [-0.39, 0.29) is 149 Å². The molecule has 706 valence electrons. The van der Waals surface area contributed by atoms with Crippen molar-refractivity contribution in [2.45, 2.75) is 59.9 Å². The molecule has 0 aliphatic rings. The van der Waals surface area contributed by atoms with Gasteiger partial charge in [-0.3, -0.25) is 38.4 Å². The highest BCUT2D eigenvalue weighted by molar-refractivity contribution is 6.14. The Morgan fingerprint density at radius 3 is 1.01 bits per heavy atom. The number of aromatic nitrogens is 1. The van der Waals surface area contributed by atoms with Gasteiger partial charge in [0.1, 0.15) is 34.4 Å². The normalized spacial score (nSPS) is 10.4. The number of rotatable bonds is 31. The maximum Gasteiger partial charge on any atom is 0.338 e. The molecule has 0 bridgehead atoms. The fraction of sp³-hybridized carbons (Fsp3) is 0.155. The van der Waals surface area contributed by atoms with Gasteiger partial charge in [-0.25, -0.2) is 19.2 Å². The topological polar surface area (TPSA) is 599 Å². The molecule has 12 rings (SSSR count). The number of phenols is 3. The molecule has 39 heteroatoms. The first kappa shape index (κ1) is 101. The van der Waals surface area contributed by atoms with Crippen LogP contribution in [0.5, 0.6) is 63.2 Å². The molecule has 11 aromatic carbocycles. The van der Waals surface area contributed by atoms with Crippen LogP contribution in [0.3, 0.4) is 0 Å². The number of nitrogens with one attached hydrogen (secondary N) is 9. The fourth-order valence-electron chi connectivity index (χ4n) is 12.4. The van der Waals surface area contributed by atoms with Crippen LogP contribution in [0.4, 0.5) is 62.6 Å². The molecule has 0 aliphatic heterocycles. The zero-order valence-electron chi connectivity index (χ0n) is 75.0. The zero-order chi connectivity index (χ0) is 99.5. The Labute approximate surface area is 776 Å². The SMILES string of the molecule is CC(C)OC(=O)c1ccc(NC(=O)c2ccc(NC(=O)c3ccc[nH]3)cc2O)c(OC(C)C)c1.COc1c(NC(=O)c2ccc(N)cc2)ccc(C(=O)Nc2ccc(C(=O)O)cc2OC(C)C)c1OC.COc1cc(C(=O)O)ccc1NC(=O)c1ccc(NC(=O)c2ccc(N)cc2)c(O)c1OC.COc1cc(C(=O)O)ccc1NC(=O)c1ccc(NC(=O)c2ccc(N)cc2)c(OC)c1O. The molecule has 0 atom stereocenters. The predicted octanol–water partition coefficient (Wildman–Crippen LogP) is 15.2. The largest absolute Gasteiger partial charge is 0.507 e. The molecule has 136 heavy (non-hydrogen) atoms. The van der Waals surface area contributed by atoms with Gasteiger partial charge in [-0.15, -0.1) is 0 Å². The van der Waals surface area contributed by atoms with Gasteiger partial charge in [0, 0.05) is 51.7 Å². The lowest BCUT2D eigenvalue weighted by Crippen LogP contribution is -2.17. The molecule has 1 aromatic heterocycles. The van der Waals surface area contributed by atoms with Gasteiger partial charge in [-0.1, -0.05) is 0 Å². The van der Waals surface area contributed by atoms with E-state index in [1.807, 2.05) is 13.8 Å². The number of esters is 1. The Hall–Kier alpha value is -18.5. The van der Waals surface area contributed by atoms with Gasteiger partial charge >= 0.3 is 23.9 Å². The number of hydrogen-bond acceptors (Lipinski definition) is 27. The number of aromatic hydroxyl groups is 3. The second kappa shape index (κ2) is 46.7. The highest BCUT2D eigenvalue weighted by Gasteiger charge is 2.29. The number of carboxylic acids is 3. The number of H-pyrrole nitrogens is 1. The van der Waals surface area contributed by atoms with Crippen LogP contribution in [-0.4, -0.2) is 168 Å². The summed E-state index contributed by atoms with van der Waals surface area (Å²) in [6.45, 7) is 10.7. The second-order valence-electron chi connectivity index (χ2n) is 29.6. The van der Waals surface area contributed by atoms with Crippen LogP contribution < -0.4 is 97.6 Å². The maximum atomic E-state index is 13.2. The van der Waals surface area contributed by atoms with Crippen LogP contribution in [0.15, 0.2) is 219 Å². The Morgan fingerprint density at radius 1 is 0.294 bits per heavy atom. The summed E-state index contributed by atoms with van der Waals surface area (Å²) >= 11 is 0. The summed E-state index contributed by atoms with van der Waals surface area (Å²) in [5, 5.41) is 80.2. The molecule has 0 saturated carbocycles. The van der Waals surface area contributed by atoms with Gasteiger partial charge in [0.15, 0.2) is 34.5 Å². The lowest BCUT2D eigenvalue weighted by atomic mass is 10.1. The molecule has 0 spiro atoms. The Balaban J connectivity index is 0.000000203. The number of hydrogen-bond donors (Lipinski definition) is 18. The van der Waals surface area contributed by atoms with Crippen molar-refractivity contribution in [1.29, 1.82) is 0 Å². The van der Waals surface area contributed by atoms with Crippen molar-refractivity contribution in [2.24, 2.45) is 0 Å². The first-order chi connectivity index (χ1) is 64.8. The van der Waals surface area contributed by atoms with Crippen molar-refractivity contribution >= 4 is 134 Å². The quantitative estimate of drug-likeness (QED) is 0.0109. The number of methoxy groups -OCH3 is 6. The third-order valence-electron chi connectivity index (χ3n) is 18.9. The van der Waals surface area contributed by atoms with E-state index in [4.69, 9.17) is 70.0 Å². The van der Waals surface area contributed by atoms with E-state index in [1.54, 1.807) is 107 Å². The van der Waals surface area contributed by atoms with E-state index in [9.17, 15) is 78.0 Å². The van der Waals surface area contributed by atoms with E-state index < -0.39 is 76.7 Å². The summed E-state index contributed by atoms with van der Waals surface area (Å²) in [5.74, 6) is -8.69. The molecule has 8 amide bonds. The first-order valence-electron chi connectivity index (χ1n) is 40.7. The van der Waals surface area contributed by atoms with E-state index in [2.05, 4.69) is 47.5 Å². The number of carbonyl (C=O) groups is 12. The zero-order valence-corrected chi connectivity index (χ0v) is 75.0. The molecule has 0 fully saturated rings. The molecule has 12 aromatic rings. The lowest BCUT2D eigenvalue weighted by Gasteiger charge is -2.18. The summed E-state index contributed by atoms with van der Waals surface area (Å²) in [7, 11) is 7.97. The molecule has 21 N–H and O–H groups in total. The number of carbonyl (C=O) groups excluding carboxylic acids is 9. The standard InChI is InChI=1S/C26H27N3O7.C25H27N3O6.2C23H21N3O7/c1-14(2)36-21-13-16(26(32)33)7-11-19(21)28-25(31)18-10-12-20(23(35-4)22(18)34-3)29-24(30)15-5-8-17(27)9-6-15;1-14(2)33-22-12-16(25(32)34-15(3)4)7-10-19(22)28-23(30)18-9-8-17(13-21(18)29)27-24(31)20-6-5-11-26-20;1-32-18-11-13(23(30)31)5-9-16(18)25-22(29)15-8-10-17(19(27)20(15)33-2)26-21(28)12-3-6-14(24)7-4-12;1-32-18-11-13(23(30)31)5-9-16(18)25-22(29)15-8-10-17(20(33-2)19(15)27)26-21(28)12-3-6-14(24)7-4-12/h5-14H,27H2,1-4H3,(H,28,31)(H,29,30)(H,32,33);5-15,26,29H,1-4H3,(H,27,31)(H,28,30);2*3-11,27H,24H2,1-2H3,(H,25,29)(H,26,28)(H,30,31). The number of ether oxygens (including phenoxy) is 9. The smallest absolute Gasteiger partial charge is 0.338 e. The van der Waals surface area contributed by atoms with Crippen molar-refractivity contribution in [3.63, 3.8) is 0 Å². The number of anilines is 11. The van der Waals surface area contributed by atoms with Gasteiger partial charge in [0.2, 0.25) is 0 Å². The average molecular weight is 1860 g/mol. The molecule has 39 nitrogen and oxygen atoms in total. The number of benzene rings is 11. The van der Waals surface area contributed by atoms with E-state index >= 15 is 0 Å². The van der Waals surface area contributed by atoms with Crippen molar-refractivity contribution in [1.82, 2.24) is 4.98 Å². The molecule has 0 aliphatic carbocycles. The third-order valence-corrected chi connectivity index (χ3v) is 18.9. The number of nitrogen functional groups attached to an aromatic ring is 3. The second-order valence-corrected chi connectivity index (χ2v) is 29.6. The van der Waals surface area contributed by atoms with Gasteiger partial charge in [0.25, 0.3) is 47.3 Å². The number of aromatic carboxylic acids is 3. The van der Waals surface area contributed by atoms with Crippen molar-refractivity contribution in [3.8, 4) is 63.2 Å². The van der Waals surface area contributed by atoms with Crippen LogP contribution in [0.1, 0.15) is 166 Å². The average Bonchev–Trinajstić information content (AvgIpc) is 0.892. The minimum atomic E-state index is -1.15. The van der Waals surface area contributed by atoms with Crippen molar-refractivity contribution < 1.29 is 131 Å². The maximum absolute atomic E-state index is 13.2. The van der Waals surface area contributed by atoms with E-state index in [0.717, 1.165) is 0 Å². The number of carboxylic acid groups (broad SMARTS) is 3. The number of phenolic OH excluding ortho intramolecular Hbond substituents is 3. The molecule has 0 unspecified atom stereocenters. The highest BCUT2D eigenvalue weighted by Crippen LogP contribution is 2.43. The first-order valence-corrected chi connectivity index (χ1v) is 40.7. The van der Waals surface area contributed by atoms with Crippen molar-refractivity contribution in [3.05, 3.63) is 285 Å². The Bertz CT molecular complexity index is 6470. The summed E-state index contributed by atoms with van der Waals surface area (Å²) in [6, 6.07) is 51.4. The van der Waals surface area contributed by atoms with Crippen LogP contribution in [0, 0.1) is 0 Å². The molecule has 0 radical (unpaired) electrons. The predicted molar refractivity (Wildman–Crippen MR) is 506 cm³/mol. The Morgan fingerprint density at radius 2 is 0.625 bits per heavy atom. The highest BCUT2D eigenvalue weighted by atomic mass is 16.5. The van der Waals surface area contributed by atoms with E-state index in [1.165, 1.54) is 182 Å². The summed E-state index contributed by atoms with van der Waals surface area (Å²) in [4.78, 5) is 150. The third kappa shape index (κ3) is 26.6. The Kier molecular flexibility index (Phi) is 34.8. The summed E-state index contributed by atoms with van der Waals surface area (Å²) in [6.07, 6.45) is 0.864. The van der Waals surface area contributed by atoms with Gasteiger partial charge in [-0.05, 0) is 248 Å². The number of amides is 8. The number of aromatic amines is 1. The van der Waals surface area contributed by atoms with Gasteiger partial charge in [0.05, 0.1) is 145 Å². The van der Waals surface area contributed by atoms with E-state index in [0.29, 0.717) is 56.5 Å². The van der Waals surface area contributed by atoms with Crippen LogP contribution in [0.2, 0.25) is 0 Å². The number of nitrogens with two attached hydrogens (primary N) is 3. The summed E-state index contributed by atoms with van der Waals surface area (Å²) in [5.41, 5.74) is 21.9. The molecule has 0 saturated heterocycles. The lowest BCUT2D eigenvalue weighted by molar-refractivity contribution is 0.0375. The fourth-order valence-corrected chi connectivity index (χ4v) is 12.4.